The van der Waals surface area contributed by atoms with Gasteiger partial charge in [0, 0.05) is 57.4 Å². The van der Waals surface area contributed by atoms with Crippen LogP contribution in [0.2, 0.25) is 0 Å². The van der Waals surface area contributed by atoms with Crippen LogP contribution in [0.5, 0.6) is 0 Å². The van der Waals surface area contributed by atoms with Gasteiger partial charge in [-0.1, -0.05) is 0 Å². The van der Waals surface area contributed by atoms with Crippen molar-refractivity contribution in [3.63, 3.8) is 0 Å². The number of nitrogens with zero attached hydrogens (tertiary/aromatic N) is 6. The van der Waals surface area contributed by atoms with Gasteiger partial charge >= 0.3 is 0 Å². The molecule has 136 valence electrons. The van der Waals surface area contributed by atoms with Crippen LogP contribution in [0.15, 0.2) is 31.0 Å². The van der Waals surface area contributed by atoms with Gasteiger partial charge < -0.3 is 14.8 Å². The highest BCUT2D eigenvalue weighted by atomic mass is 32.1. The van der Waals surface area contributed by atoms with Crippen molar-refractivity contribution in [3.05, 3.63) is 35.9 Å². The summed E-state index contributed by atoms with van der Waals surface area (Å²) in [5.74, 6) is 0.937. The van der Waals surface area contributed by atoms with E-state index in [4.69, 9.17) is 0 Å². The van der Waals surface area contributed by atoms with E-state index in [9.17, 15) is 4.79 Å². The Labute approximate surface area is 155 Å². The normalized spacial score (nSPS) is 15.4. The molecule has 1 aliphatic rings. The minimum absolute atomic E-state index is 0.0481. The van der Waals surface area contributed by atoms with Crippen LogP contribution in [-0.2, 0) is 14.1 Å². The monoisotopic (exact) mass is 371 g/mol. The number of nitrogens with one attached hydrogen (secondary N) is 1. The number of aryl methyl sites for hydroxylation is 2. The zero-order valence-electron chi connectivity index (χ0n) is 14.8. The number of hydrogen-bond acceptors (Lipinski definition) is 6. The van der Waals surface area contributed by atoms with Crippen molar-refractivity contribution in [1.82, 2.24) is 29.6 Å². The Morgan fingerprint density at radius 1 is 1.23 bits per heavy atom. The predicted molar refractivity (Wildman–Crippen MR) is 100 cm³/mol. The fourth-order valence-corrected chi connectivity index (χ4v) is 3.98. The van der Waals surface area contributed by atoms with E-state index in [1.165, 1.54) is 11.3 Å². The summed E-state index contributed by atoms with van der Waals surface area (Å²) in [5, 5.41) is 8.10. The first-order valence-corrected chi connectivity index (χ1v) is 9.40. The van der Waals surface area contributed by atoms with Crippen LogP contribution in [0.1, 0.15) is 22.5 Å². The number of amides is 1. The van der Waals surface area contributed by atoms with Crippen molar-refractivity contribution in [2.75, 3.05) is 18.0 Å². The van der Waals surface area contributed by atoms with Gasteiger partial charge in [0.15, 0.2) is 0 Å². The molecule has 0 bridgehead atoms. The molecule has 0 saturated carbocycles. The lowest BCUT2D eigenvalue weighted by Gasteiger charge is -2.32. The Morgan fingerprint density at radius 3 is 2.69 bits per heavy atom. The van der Waals surface area contributed by atoms with Crippen LogP contribution < -0.4 is 10.2 Å². The molecule has 0 unspecified atom stereocenters. The maximum absolute atomic E-state index is 12.5. The summed E-state index contributed by atoms with van der Waals surface area (Å²) in [6, 6.07) is 0.183. The van der Waals surface area contributed by atoms with Gasteiger partial charge in [-0.2, -0.15) is 5.10 Å². The van der Waals surface area contributed by atoms with Crippen LogP contribution in [-0.4, -0.2) is 49.4 Å². The van der Waals surface area contributed by atoms with E-state index in [0.29, 0.717) is 4.88 Å². The minimum atomic E-state index is -0.0481. The second-order valence-electron chi connectivity index (χ2n) is 6.51. The topological polar surface area (TPSA) is 80.9 Å². The van der Waals surface area contributed by atoms with Crippen LogP contribution >= 0.6 is 11.3 Å². The summed E-state index contributed by atoms with van der Waals surface area (Å²) in [6.07, 6.45) is 10.9. The Kier molecular flexibility index (Phi) is 4.46. The van der Waals surface area contributed by atoms with Crippen molar-refractivity contribution >= 4 is 23.2 Å². The molecule has 1 aliphatic heterocycles. The fraction of sp³-hybridized carbons (Fsp3) is 0.412. The first-order valence-electron chi connectivity index (χ1n) is 8.58. The van der Waals surface area contributed by atoms with Crippen LogP contribution in [0.3, 0.4) is 0 Å². The highest BCUT2D eigenvalue weighted by Gasteiger charge is 2.24. The summed E-state index contributed by atoms with van der Waals surface area (Å²) >= 11 is 1.40. The molecule has 0 aliphatic carbocycles. The molecular weight excluding hydrogens is 350 g/mol. The first-order chi connectivity index (χ1) is 12.6. The molecule has 26 heavy (non-hydrogen) atoms. The van der Waals surface area contributed by atoms with Gasteiger partial charge in [0.25, 0.3) is 5.91 Å². The number of aromatic nitrogens is 5. The predicted octanol–water partition coefficient (Wildman–Crippen LogP) is 1.68. The average molecular weight is 371 g/mol. The number of hydrogen-bond donors (Lipinski definition) is 1. The van der Waals surface area contributed by atoms with E-state index in [1.54, 1.807) is 17.1 Å². The lowest BCUT2D eigenvalue weighted by Crippen LogP contribution is -2.45. The number of imidazole rings is 1. The lowest BCUT2D eigenvalue weighted by molar-refractivity contribution is 0.0935. The van der Waals surface area contributed by atoms with Crippen molar-refractivity contribution in [3.8, 4) is 10.6 Å². The average Bonchev–Trinajstić information content (AvgIpc) is 3.36. The number of rotatable bonds is 4. The molecule has 1 fully saturated rings. The quantitative estimate of drug-likeness (QED) is 0.755. The largest absolute Gasteiger partial charge is 0.348 e. The highest BCUT2D eigenvalue weighted by molar-refractivity contribution is 7.16. The standard InChI is InChI=1S/C17H21N7OS/c1-22-8-5-18-17(22)24-6-3-13(4-7-24)21-15(25)14-10-19-16(26-14)12-9-20-23(2)11-12/h5,8-11,13H,3-4,6-7H2,1-2H3,(H,21,25). The highest BCUT2D eigenvalue weighted by Crippen LogP contribution is 2.25. The van der Waals surface area contributed by atoms with Gasteiger partial charge in [-0.15, -0.1) is 11.3 Å². The molecule has 0 atom stereocenters. The molecule has 9 heteroatoms. The lowest BCUT2D eigenvalue weighted by atomic mass is 10.1. The Balaban J connectivity index is 1.34. The molecule has 1 amide bonds. The van der Waals surface area contributed by atoms with Crippen molar-refractivity contribution in [2.45, 2.75) is 18.9 Å². The first kappa shape index (κ1) is 16.8. The molecule has 0 radical (unpaired) electrons. The van der Waals surface area contributed by atoms with Gasteiger partial charge in [-0.3, -0.25) is 9.48 Å². The molecule has 3 aromatic heterocycles. The summed E-state index contributed by atoms with van der Waals surface area (Å²) < 4.78 is 3.75. The second-order valence-corrected chi connectivity index (χ2v) is 7.54. The van der Waals surface area contributed by atoms with E-state index in [0.717, 1.165) is 42.5 Å². The van der Waals surface area contributed by atoms with Crippen molar-refractivity contribution in [1.29, 1.82) is 0 Å². The van der Waals surface area contributed by atoms with Gasteiger partial charge in [0.05, 0.1) is 12.4 Å². The smallest absolute Gasteiger partial charge is 0.263 e. The van der Waals surface area contributed by atoms with E-state index in [1.807, 2.05) is 37.3 Å². The molecule has 0 aromatic carbocycles. The Bertz CT molecular complexity index is 904. The Morgan fingerprint density at radius 2 is 2.04 bits per heavy atom. The van der Waals surface area contributed by atoms with Gasteiger partial charge in [-0.05, 0) is 12.8 Å². The van der Waals surface area contributed by atoms with Crippen molar-refractivity contribution < 1.29 is 4.79 Å². The summed E-state index contributed by atoms with van der Waals surface area (Å²) in [6.45, 7) is 1.78. The third-order valence-corrected chi connectivity index (χ3v) is 5.64. The third-order valence-electron chi connectivity index (χ3n) is 4.59. The van der Waals surface area contributed by atoms with Crippen LogP contribution in [0.4, 0.5) is 5.95 Å². The van der Waals surface area contributed by atoms with Crippen LogP contribution in [0, 0.1) is 0 Å². The molecule has 4 heterocycles. The van der Waals surface area contributed by atoms with Crippen LogP contribution in [0.25, 0.3) is 10.6 Å². The molecule has 4 rings (SSSR count). The van der Waals surface area contributed by atoms with E-state index < -0.39 is 0 Å². The molecule has 1 saturated heterocycles. The number of thiazole rings is 1. The number of carbonyl (C=O) groups excluding carboxylic acids is 1. The third kappa shape index (κ3) is 3.34. The van der Waals surface area contributed by atoms with Crippen molar-refractivity contribution in [2.24, 2.45) is 14.1 Å². The molecule has 8 nitrogen and oxygen atoms in total. The fourth-order valence-electron chi connectivity index (χ4n) is 3.19. The van der Waals surface area contributed by atoms with Gasteiger partial charge in [0.2, 0.25) is 5.95 Å². The Hall–Kier alpha value is -2.68. The summed E-state index contributed by atoms with van der Waals surface area (Å²) in [7, 11) is 3.86. The molecule has 0 spiro atoms. The van der Waals surface area contributed by atoms with E-state index >= 15 is 0 Å². The van der Waals surface area contributed by atoms with E-state index in [-0.39, 0.29) is 11.9 Å². The maximum Gasteiger partial charge on any atom is 0.263 e. The van der Waals surface area contributed by atoms with E-state index in [2.05, 4.69) is 25.3 Å². The number of piperidine rings is 1. The molecule has 3 aromatic rings. The second kappa shape index (κ2) is 6.91. The van der Waals surface area contributed by atoms with Gasteiger partial charge in [0.1, 0.15) is 9.88 Å². The van der Waals surface area contributed by atoms with Gasteiger partial charge in [-0.25, -0.2) is 9.97 Å². The maximum atomic E-state index is 12.5. The summed E-state index contributed by atoms with van der Waals surface area (Å²) in [4.78, 5) is 24.2. The summed E-state index contributed by atoms with van der Waals surface area (Å²) in [5.41, 5.74) is 0.930. The molecular formula is C17H21N7OS. The number of anilines is 1. The SMILES string of the molecule is Cn1cc(-c2ncc(C(=O)NC3CCN(c4nccn4C)CC3)s2)cn1. The number of carbonyl (C=O) groups is 1. The zero-order valence-corrected chi connectivity index (χ0v) is 15.6. The zero-order chi connectivity index (χ0) is 18.1. The minimum Gasteiger partial charge on any atom is -0.348 e. The molecule has 1 N–H and O–H groups in total.